The van der Waals surface area contributed by atoms with Gasteiger partial charge in [-0.2, -0.15) is 0 Å². The molecule has 0 aromatic heterocycles. The highest BCUT2D eigenvalue weighted by molar-refractivity contribution is 5.82. The van der Waals surface area contributed by atoms with E-state index in [2.05, 4.69) is 0 Å². The number of nitrogens with zero attached hydrogens (tertiary/aromatic N) is 2. The zero-order valence-electron chi connectivity index (χ0n) is 18.2. The molecule has 1 aliphatic rings. The lowest BCUT2D eigenvalue weighted by atomic mass is 10.1. The van der Waals surface area contributed by atoms with Gasteiger partial charge >= 0.3 is 24.1 Å². The van der Waals surface area contributed by atoms with Crippen LogP contribution in [0.5, 0.6) is 0 Å². The fraction of sp³-hybridized carbons (Fsp3) is 0.789. The van der Waals surface area contributed by atoms with E-state index in [4.69, 9.17) is 14.2 Å². The van der Waals surface area contributed by atoms with Crippen LogP contribution in [0.4, 0.5) is 9.59 Å². The minimum atomic E-state index is -1.30. The van der Waals surface area contributed by atoms with Crippen molar-refractivity contribution in [3.05, 3.63) is 0 Å². The molecule has 0 spiro atoms. The molecule has 2 unspecified atom stereocenters. The van der Waals surface area contributed by atoms with Crippen LogP contribution in [0.2, 0.25) is 0 Å². The Morgan fingerprint density at radius 1 is 1.00 bits per heavy atom. The van der Waals surface area contributed by atoms with Gasteiger partial charge in [0, 0.05) is 6.54 Å². The molecule has 29 heavy (non-hydrogen) atoms. The van der Waals surface area contributed by atoms with Crippen LogP contribution in [0.15, 0.2) is 0 Å². The summed E-state index contributed by atoms with van der Waals surface area (Å²) in [5, 5.41) is 9.64. The smallest absolute Gasteiger partial charge is 0.410 e. The molecule has 1 fully saturated rings. The van der Waals surface area contributed by atoms with Crippen LogP contribution < -0.4 is 0 Å². The number of hydrogen-bond acceptors (Lipinski definition) is 7. The highest BCUT2D eigenvalue weighted by Crippen LogP contribution is 2.27. The average molecular weight is 416 g/mol. The van der Waals surface area contributed by atoms with E-state index >= 15 is 0 Å². The standard InChI is InChI=1S/C19H32N2O8/c1-18(2,3)28-14(22)11-20(17(26)27-7)10-12-8-9-13(21(12)16(24)25)15(23)29-19(4,5)6/h12-13H,8-11H2,1-7H3,(H,24,25). The molecule has 10 nitrogen and oxygen atoms in total. The van der Waals surface area contributed by atoms with Crippen LogP contribution in [0.1, 0.15) is 54.4 Å². The third-order valence-corrected chi connectivity index (χ3v) is 4.01. The molecule has 0 aliphatic carbocycles. The second-order valence-corrected chi connectivity index (χ2v) is 8.91. The van der Waals surface area contributed by atoms with Crippen molar-refractivity contribution < 1.29 is 38.5 Å². The Hall–Kier alpha value is -2.52. The minimum absolute atomic E-state index is 0.114. The van der Waals surface area contributed by atoms with Gasteiger partial charge in [-0.25, -0.2) is 14.4 Å². The Labute approximate surface area is 171 Å². The lowest BCUT2D eigenvalue weighted by molar-refractivity contribution is -0.160. The van der Waals surface area contributed by atoms with E-state index in [0.717, 1.165) is 16.9 Å². The predicted octanol–water partition coefficient (Wildman–Crippen LogP) is 2.25. The van der Waals surface area contributed by atoms with E-state index in [-0.39, 0.29) is 13.0 Å². The highest BCUT2D eigenvalue weighted by atomic mass is 16.6. The number of methoxy groups -OCH3 is 1. The molecular formula is C19H32N2O8. The number of likely N-dealkylation sites (tertiary alicyclic amines) is 1. The van der Waals surface area contributed by atoms with Crippen molar-refractivity contribution >= 4 is 24.1 Å². The average Bonchev–Trinajstić information content (AvgIpc) is 2.94. The summed E-state index contributed by atoms with van der Waals surface area (Å²) in [6, 6.07) is -1.66. The highest BCUT2D eigenvalue weighted by Gasteiger charge is 2.44. The largest absolute Gasteiger partial charge is 0.465 e. The first-order chi connectivity index (χ1) is 13.1. The Bertz CT molecular complexity index is 635. The predicted molar refractivity (Wildman–Crippen MR) is 102 cm³/mol. The maximum atomic E-state index is 12.4. The van der Waals surface area contributed by atoms with Crippen molar-refractivity contribution in [2.45, 2.75) is 77.7 Å². The summed E-state index contributed by atoms with van der Waals surface area (Å²) in [7, 11) is 1.16. The maximum Gasteiger partial charge on any atom is 0.410 e. The number of carbonyl (C=O) groups excluding carboxylic acids is 3. The molecule has 1 N–H and O–H groups in total. The van der Waals surface area contributed by atoms with Crippen molar-refractivity contribution in [2.75, 3.05) is 20.2 Å². The molecule has 0 radical (unpaired) electrons. The molecular weight excluding hydrogens is 384 g/mol. The van der Waals surface area contributed by atoms with Gasteiger partial charge in [-0.15, -0.1) is 0 Å². The molecule has 166 valence electrons. The first-order valence-electron chi connectivity index (χ1n) is 9.43. The molecule has 1 aliphatic heterocycles. The third kappa shape index (κ3) is 7.78. The first kappa shape index (κ1) is 24.5. The van der Waals surface area contributed by atoms with Crippen LogP contribution in [-0.4, -0.2) is 82.5 Å². The zero-order valence-corrected chi connectivity index (χ0v) is 18.2. The molecule has 1 heterocycles. The van der Waals surface area contributed by atoms with E-state index in [9.17, 15) is 24.3 Å². The molecule has 0 aromatic rings. The molecule has 0 bridgehead atoms. The van der Waals surface area contributed by atoms with Crippen LogP contribution in [0.25, 0.3) is 0 Å². The van der Waals surface area contributed by atoms with Gasteiger partial charge in [-0.3, -0.25) is 14.6 Å². The van der Waals surface area contributed by atoms with Crippen LogP contribution in [0, 0.1) is 0 Å². The van der Waals surface area contributed by atoms with E-state index in [1.165, 1.54) is 0 Å². The second-order valence-electron chi connectivity index (χ2n) is 8.91. The van der Waals surface area contributed by atoms with Gasteiger partial charge in [-0.05, 0) is 54.4 Å². The molecule has 0 saturated carbocycles. The van der Waals surface area contributed by atoms with Gasteiger partial charge in [0.25, 0.3) is 0 Å². The summed E-state index contributed by atoms with van der Waals surface area (Å²) in [6.45, 7) is 9.67. The molecule has 1 saturated heterocycles. The zero-order chi connectivity index (χ0) is 22.6. The molecule has 10 heteroatoms. The number of carboxylic acid groups (broad SMARTS) is 1. The van der Waals surface area contributed by atoms with Gasteiger partial charge in [0.15, 0.2) is 0 Å². The van der Waals surface area contributed by atoms with E-state index in [1.54, 1.807) is 41.5 Å². The van der Waals surface area contributed by atoms with Gasteiger partial charge < -0.3 is 19.3 Å². The van der Waals surface area contributed by atoms with Crippen molar-refractivity contribution in [3.8, 4) is 0 Å². The Balaban J connectivity index is 2.94. The molecule has 2 amide bonds. The quantitative estimate of drug-likeness (QED) is 0.535. The monoisotopic (exact) mass is 416 g/mol. The normalized spacial score (nSPS) is 19.5. The Kier molecular flexibility index (Phi) is 7.88. The van der Waals surface area contributed by atoms with E-state index < -0.39 is 54.0 Å². The first-order valence-corrected chi connectivity index (χ1v) is 9.43. The van der Waals surface area contributed by atoms with Gasteiger partial charge in [-0.1, -0.05) is 0 Å². The van der Waals surface area contributed by atoms with Crippen molar-refractivity contribution in [1.29, 1.82) is 0 Å². The Morgan fingerprint density at radius 3 is 2.00 bits per heavy atom. The summed E-state index contributed by atoms with van der Waals surface area (Å²) in [6.07, 6.45) is -1.50. The van der Waals surface area contributed by atoms with Crippen LogP contribution >= 0.6 is 0 Å². The summed E-state index contributed by atoms with van der Waals surface area (Å²) in [5.74, 6) is -1.29. The third-order valence-electron chi connectivity index (χ3n) is 4.01. The van der Waals surface area contributed by atoms with Crippen molar-refractivity contribution in [2.24, 2.45) is 0 Å². The van der Waals surface area contributed by atoms with E-state index in [1.807, 2.05) is 0 Å². The minimum Gasteiger partial charge on any atom is -0.465 e. The molecule has 0 aromatic carbocycles. The Morgan fingerprint density at radius 2 is 1.55 bits per heavy atom. The number of esters is 2. The second kappa shape index (κ2) is 9.32. The number of ether oxygens (including phenoxy) is 3. The summed E-state index contributed by atoms with van der Waals surface area (Å²) >= 11 is 0. The van der Waals surface area contributed by atoms with Crippen molar-refractivity contribution in [1.82, 2.24) is 9.80 Å². The lowest BCUT2D eigenvalue weighted by Crippen LogP contribution is -2.51. The van der Waals surface area contributed by atoms with Crippen molar-refractivity contribution in [3.63, 3.8) is 0 Å². The lowest BCUT2D eigenvalue weighted by Gasteiger charge is -2.32. The van der Waals surface area contributed by atoms with Crippen LogP contribution in [-0.2, 0) is 23.8 Å². The molecule has 2 atom stereocenters. The van der Waals surface area contributed by atoms with Gasteiger partial charge in [0.1, 0.15) is 23.8 Å². The van der Waals surface area contributed by atoms with Crippen LogP contribution in [0.3, 0.4) is 0 Å². The number of amides is 2. The fourth-order valence-corrected chi connectivity index (χ4v) is 3.07. The number of rotatable bonds is 5. The number of hydrogen-bond donors (Lipinski definition) is 1. The molecule has 1 rings (SSSR count). The fourth-order valence-electron chi connectivity index (χ4n) is 3.07. The summed E-state index contributed by atoms with van der Waals surface area (Å²) in [4.78, 5) is 50.6. The summed E-state index contributed by atoms with van der Waals surface area (Å²) in [5.41, 5.74) is -1.49. The number of carbonyl (C=O) groups is 4. The SMILES string of the molecule is COC(=O)N(CC(=O)OC(C)(C)C)CC1CCC(C(=O)OC(C)(C)C)N1C(=O)O. The van der Waals surface area contributed by atoms with Gasteiger partial charge in [0.05, 0.1) is 13.2 Å². The maximum absolute atomic E-state index is 12.4. The van der Waals surface area contributed by atoms with E-state index in [0.29, 0.717) is 6.42 Å². The topological polar surface area (TPSA) is 123 Å². The summed E-state index contributed by atoms with van der Waals surface area (Å²) < 4.78 is 15.3. The van der Waals surface area contributed by atoms with Gasteiger partial charge in [0.2, 0.25) is 0 Å².